The lowest BCUT2D eigenvalue weighted by atomic mass is 10.2. The summed E-state index contributed by atoms with van der Waals surface area (Å²) in [5.74, 6) is 0. The van der Waals surface area contributed by atoms with Crippen LogP contribution in [0.5, 0.6) is 0 Å². The van der Waals surface area contributed by atoms with Gasteiger partial charge < -0.3 is 5.73 Å². The summed E-state index contributed by atoms with van der Waals surface area (Å²) in [7, 11) is -3.23. The molecule has 2 heterocycles. The van der Waals surface area contributed by atoms with Crippen LogP contribution < -0.4 is 5.73 Å². The Balaban J connectivity index is 2.37. The second kappa shape index (κ2) is 5.12. The third-order valence-electron chi connectivity index (χ3n) is 2.47. The van der Waals surface area contributed by atoms with Crippen LogP contribution in [0.15, 0.2) is 33.2 Å². The minimum absolute atomic E-state index is 0.142. The maximum Gasteiger partial charge on any atom is 0.178 e. The van der Waals surface area contributed by atoms with Gasteiger partial charge in [-0.15, -0.1) is 11.3 Å². The third-order valence-corrected chi connectivity index (χ3v) is 5.26. The van der Waals surface area contributed by atoms with Crippen molar-refractivity contribution < 1.29 is 8.42 Å². The Morgan fingerprint density at radius 2 is 2.28 bits per heavy atom. The SMILES string of the molecule is CS(=O)(=O)c1cnn(C(CN)c2ccc(Br)s2)c1. The molecule has 1 atom stereocenters. The number of nitrogens with zero attached hydrogens (tertiary/aromatic N) is 2. The van der Waals surface area contributed by atoms with E-state index in [1.807, 2.05) is 12.1 Å². The minimum Gasteiger partial charge on any atom is -0.328 e. The quantitative estimate of drug-likeness (QED) is 0.910. The zero-order valence-corrected chi connectivity index (χ0v) is 12.8. The molecule has 0 fully saturated rings. The van der Waals surface area contributed by atoms with Crippen molar-refractivity contribution in [1.29, 1.82) is 0 Å². The van der Waals surface area contributed by atoms with Crippen LogP contribution in [0.25, 0.3) is 0 Å². The number of rotatable bonds is 4. The number of sulfone groups is 1. The predicted molar refractivity (Wildman–Crippen MR) is 74.5 cm³/mol. The van der Waals surface area contributed by atoms with Crippen LogP contribution in [0.2, 0.25) is 0 Å². The van der Waals surface area contributed by atoms with Crippen molar-refractivity contribution in [3.05, 3.63) is 33.2 Å². The summed E-state index contributed by atoms with van der Waals surface area (Å²) in [6, 6.07) is 3.74. The van der Waals surface area contributed by atoms with Crippen LogP contribution in [0.1, 0.15) is 10.9 Å². The molecule has 0 aliphatic heterocycles. The van der Waals surface area contributed by atoms with Crippen LogP contribution in [0, 0.1) is 0 Å². The van der Waals surface area contributed by atoms with E-state index < -0.39 is 9.84 Å². The highest BCUT2D eigenvalue weighted by Crippen LogP contribution is 2.29. The van der Waals surface area contributed by atoms with Gasteiger partial charge in [-0.25, -0.2) is 8.42 Å². The third kappa shape index (κ3) is 2.82. The first-order valence-corrected chi connectivity index (χ1v) is 8.61. The van der Waals surface area contributed by atoms with E-state index in [-0.39, 0.29) is 10.9 Å². The molecule has 5 nitrogen and oxygen atoms in total. The summed E-state index contributed by atoms with van der Waals surface area (Å²) in [6.45, 7) is 0.359. The molecule has 2 N–H and O–H groups in total. The summed E-state index contributed by atoms with van der Waals surface area (Å²) < 4.78 is 25.4. The molecule has 0 aliphatic carbocycles. The highest BCUT2D eigenvalue weighted by molar-refractivity contribution is 9.11. The molecule has 0 amide bonds. The van der Waals surface area contributed by atoms with Crippen molar-refractivity contribution in [1.82, 2.24) is 9.78 Å². The molecule has 18 heavy (non-hydrogen) atoms. The molecule has 2 aromatic heterocycles. The largest absolute Gasteiger partial charge is 0.328 e. The molecular weight excluding hydrogens is 338 g/mol. The highest BCUT2D eigenvalue weighted by Gasteiger charge is 2.18. The van der Waals surface area contributed by atoms with Crippen LogP contribution >= 0.6 is 27.3 Å². The van der Waals surface area contributed by atoms with E-state index in [9.17, 15) is 8.42 Å². The molecule has 2 rings (SSSR count). The number of aromatic nitrogens is 2. The summed E-state index contributed by atoms with van der Waals surface area (Å²) in [4.78, 5) is 1.24. The highest BCUT2D eigenvalue weighted by atomic mass is 79.9. The molecule has 0 radical (unpaired) electrons. The van der Waals surface area contributed by atoms with Gasteiger partial charge in [-0.05, 0) is 28.1 Å². The van der Waals surface area contributed by atoms with Crippen LogP contribution in [-0.2, 0) is 9.84 Å². The Labute approximate surface area is 118 Å². The van der Waals surface area contributed by atoms with E-state index in [1.54, 1.807) is 16.0 Å². The first-order chi connectivity index (χ1) is 8.41. The van der Waals surface area contributed by atoms with Gasteiger partial charge in [-0.1, -0.05) is 0 Å². The van der Waals surface area contributed by atoms with Crippen molar-refractivity contribution in [3.8, 4) is 0 Å². The van der Waals surface area contributed by atoms with E-state index >= 15 is 0 Å². The summed E-state index contributed by atoms with van der Waals surface area (Å²) >= 11 is 4.95. The average molecular weight is 350 g/mol. The van der Waals surface area contributed by atoms with Crippen molar-refractivity contribution >= 4 is 37.1 Å². The van der Waals surface area contributed by atoms with Gasteiger partial charge in [0.1, 0.15) is 4.90 Å². The Morgan fingerprint density at radius 1 is 1.56 bits per heavy atom. The summed E-state index contributed by atoms with van der Waals surface area (Å²) in [5, 5.41) is 4.09. The van der Waals surface area contributed by atoms with Gasteiger partial charge in [0.15, 0.2) is 9.84 Å². The molecule has 0 saturated carbocycles. The monoisotopic (exact) mass is 349 g/mol. The molecule has 0 aliphatic rings. The number of hydrogen-bond donors (Lipinski definition) is 1. The Bertz CT molecular complexity index is 648. The fraction of sp³-hybridized carbons (Fsp3) is 0.300. The lowest BCUT2D eigenvalue weighted by Gasteiger charge is -2.13. The smallest absolute Gasteiger partial charge is 0.178 e. The lowest BCUT2D eigenvalue weighted by molar-refractivity contribution is 0.538. The zero-order valence-electron chi connectivity index (χ0n) is 9.58. The fourth-order valence-electron chi connectivity index (χ4n) is 1.54. The van der Waals surface area contributed by atoms with Gasteiger partial charge in [-0.2, -0.15) is 5.10 Å². The molecule has 98 valence electrons. The topological polar surface area (TPSA) is 78.0 Å². The molecular formula is C10H12BrN3O2S2. The number of halogens is 1. The van der Waals surface area contributed by atoms with Crippen molar-refractivity contribution in [3.63, 3.8) is 0 Å². The van der Waals surface area contributed by atoms with Gasteiger partial charge in [0.05, 0.1) is 16.0 Å². The number of nitrogens with two attached hydrogens (primary N) is 1. The average Bonchev–Trinajstić information content (AvgIpc) is 2.88. The molecule has 0 spiro atoms. The Morgan fingerprint density at radius 3 is 2.72 bits per heavy atom. The van der Waals surface area contributed by atoms with Gasteiger partial charge >= 0.3 is 0 Å². The van der Waals surface area contributed by atoms with Gasteiger partial charge in [0, 0.05) is 23.9 Å². The van der Waals surface area contributed by atoms with E-state index in [0.29, 0.717) is 6.54 Å². The number of thiophene rings is 1. The van der Waals surface area contributed by atoms with Crippen molar-refractivity contribution in [2.24, 2.45) is 5.73 Å². The maximum atomic E-state index is 11.4. The van der Waals surface area contributed by atoms with Gasteiger partial charge in [-0.3, -0.25) is 4.68 Å². The number of hydrogen-bond acceptors (Lipinski definition) is 5. The molecule has 0 saturated heterocycles. The normalized spacial score (nSPS) is 13.7. The van der Waals surface area contributed by atoms with Gasteiger partial charge in [0.2, 0.25) is 0 Å². The fourth-order valence-corrected chi connectivity index (χ4v) is 3.61. The summed E-state index contributed by atoms with van der Waals surface area (Å²) in [5.41, 5.74) is 5.75. The van der Waals surface area contributed by atoms with E-state index in [1.165, 1.54) is 12.4 Å². The minimum atomic E-state index is -3.23. The second-order valence-electron chi connectivity index (χ2n) is 3.82. The molecule has 8 heteroatoms. The van der Waals surface area contributed by atoms with Gasteiger partial charge in [0.25, 0.3) is 0 Å². The molecule has 0 bridgehead atoms. The molecule has 1 unspecified atom stereocenters. The Hall–Kier alpha value is -0.700. The van der Waals surface area contributed by atoms with Crippen LogP contribution in [0.4, 0.5) is 0 Å². The predicted octanol–water partition coefficient (Wildman–Crippen LogP) is 1.66. The first kappa shape index (κ1) is 13.7. The molecule has 0 aromatic carbocycles. The van der Waals surface area contributed by atoms with Crippen LogP contribution in [-0.4, -0.2) is 31.0 Å². The second-order valence-corrected chi connectivity index (χ2v) is 8.33. The van der Waals surface area contributed by atoms with Crippen LogP contribution in [0.3, 0.4) is 0 Å². The first-order valence-electron chi connectivity index (χ1n) is 5.11. The Kier molecular flexibility index (Phi) is 3.90. The van der Waals surface area contributed by atoms with E-state index in [0.717, 1.165) is 14.9 Å². The standard InChI is InChI=1S/C10H12BrN3O2S2/c1-18(15,16)7-5-13-14(6-7)8(4-12)9-2-3-10(11)17-9/h2-3,5-6,8H,4,12H2,1H3. The van der Waals surface area contributed by atoms with E-state index in [2.05, 4.69) is 21.0 Å². The lowest BCUT2D eigenvalue weighted by Crippen LogP contribution is -2.19. The zero-order chi connectivity index (χ0) is 13.3. The maximum absolute atomic E-state index is 11.4. The van der Waals surface area contributed by atoms with Crippen molar-refractivity contribution in [2.75, 3.05) is 12.8 Å². The molecule has 2 aromatic rings. The van der Waals surface area contributed by atoms with Crippen molar-refractivity contribution in [2.45, 2.75) is 10.9 Å². The van der Waals surface area contributed by atoms with E-state index in [4.69, 9.17) is 5.73 Å². The summed E-state index contributed by atoms with van der Waals surface area (Å²) in [6.07, 6.45) is 4.02.